The van der Waals surface area contributed by atoms with Gasteiger partial charge in [0.25, 0.3) is 0 Å². The monoisotopic (exact) mass is 1050 g/mol. The Labute approximate surface area is 469 Å². The Kier molecular flexibility index (Phi) is 44.9. The quantitative estimate of drug-likeness (QED) is 0.0416. The lowest BCUT2D eigenvalue weighted by atomic mass is 10.0. The molecule has 3 aromatic heterocycles. The zero-order chi connectivity index (χ0) is 53.7. The van der Waals surface area contributed by atoms with Crippen molar-refractivity contribution < 1.29 is 0 Å². The molecule has 434 valence electrons. The van der Waals surface area contributed by atoms with Crippen molar-refractivity contribution in [2.75, 3.05) is 39.3 Å². The molecule has 0 aromatic carbocycles. The van der Waals surface area contributed by atoms with E-state index in [0.717, 1.165) is 56.7 Å². The molecule has 0 unspecified atom stereocenters. The van der Waals surface area contributed by atoms with Crippen molar-refractivity contribution in [3.63, 3.8) is 0 Å². The zero-order valence-corrected chi connectivity index (χ0v) is 50.2. The lowest BCUT2D eigenvalue weighted by molar-refractivity contribution is 0.298. The van der Waals surface area contributed by atoms with Crippen LogP contribution in [0.1, 0.15) is 308 Å². The molecule has 76 heavy (non-hydrogen) atoms. The van der Waals surface area contributed by atoms with Gasteiger partial charge < -0.3 is 13.7 Å². The lowest BCUT2D eigenvalue weighted by Crippen LogP contribution is -2.31. The minimum absolute atomic E-state index is 0.715. The number of imidazole rings is 3. The first-order chi connectivity index (χ1) is 37.7. The van der Waals surface area contributed by atoms with Crippen molar-refractivity contribution in [2.24, 2.45) is 15.0 Å². The summed E-state index contributed by atoms with van der Waals surface area (Å²) in [5.74, 6) is 2.89. The highest BCUT2D eigenvalue weighted by molar-refractivity contribution is 5.75. The number of aliphatic imine (C=N–C) groups is 3. The third-order valence-electron chi connectivity index (χ3n) is 15.8. The van der Waals surface area contributed by atoms with Crippen molar-refractivity contribution >= 4 is 18.6 Å². The molecule has 0 bridgehead atoms. The first kappa shape index (κ1) is 66.9. The predicted molar refractivity (Wildman–Crippen MR) is 331 cm³/mol. The highest BCUT2D eigenvalue weighted by Crippen LogP contribution is 2.17. The van der Waals surface area contributed by atoms with Crippen molar-refractivity contribution in [3.05, 3.63) is 54.7 Å². The van der Waals surface area contributed by atoms with Gasteiger partial charge in [0.15, 0.2) is 17.5 Å². The molecule has 0 saturated heterocycles. The number of nitrogens with zero attached hydrogens (tertiary/aromatic N) is 10. The van der Waals surface area contributed by atoms with E-state index in [-0.39, 0.29) is 0 Å². The molecular weight excluding hydrogens is 933 g/mol. The summed E-state index contributed by atoms with van der Waals surface area (Å²) in [5.41, 5.74) is 0. The largest absolute Gasteiger partial charge is 0.330 e. The van der Waals surface area contributed by atoms with Gasteiger partial charge in [0.2, 0.25) is 0 Å². The summed E-state index contributed by atoms with van der Waals surface area (Å²) in [7, 11) is 0. The fourth-order valence-corrected chi connectivity index (χ4v) is 10.7. The molecule has 0 aliphatic rings. The van der Waals surface area contributed by atoms with Gasteiger partial charge in [-0.3, -0.25) is 19.9 Å². The van der Waals surface area contributed by atoms with Gasteiger partial charge in [-0.05, 0) is 19.3 Å². The van der Waals surface area contributed by atoms with E-state index in [1.54, 1.807) is 0 Å². The fourth-order valence-electron chi connectivity index (χ4n) is 10.7. The molecule has 10 nitrogen and oxygen atoms in total. The zero-order valence-electron chi connectivity index (χ0n) is 50.2. The Morgan fingerprint density at radius 1 is 0.303 bits per heavy atom. The summed E-state index contributed by atoms with van der Waals surface area (Å²) in [5, 5.41) is 0. The topological polar surface area (TPSA) is 93.8 Å². The van der Waals surface area contributed by atoms with Crippen LogP contribution < -0.4 is 0 Å². The number of hydrogen-bond acceptors (Lipinski definition) is 7. The molecule has 3 aromatic rings. The van der Waals surface area contributed by atoms with Gasteiger partial charge in [-0.1, -0.05) is 271 Å². The van der Waals surface area contributed by atoms with Crippen LogP contribution in [-0.2, 0) is 19.6 Å². The van der Waals surface area contributed by atoms with E-state index in [1.165, 1.54) is 270 Å². The first-order valence-electron chi connectivity index (χ1n) is 33.0. The lowest BCUT2D eigenvalue weighted by Gasteiger charge is -2.19. The molecule has 0 radical (unpaired) electrons. The molecule has 3 rings (SSSR count). The van der Waals surface area contributed by atoms with Crippen LogP contribution in [0.15, 0.2) is 52.2 Å². The molecule has 0 aliphatic carbocycles. The van der Waals surface area contributed by atoms with Crippen LogP contribution in [0.4, 0.5) is 0 Å². The minimum Gasteiger partial charge on any atom is -0.330 e. The third-order valence-corrected chi connectivity index (χ3v) is 15.8. The van der Waals surface area contributed by atoms with Crippen LogP contribution in [0.2, 0.25) is 0 Å². The molecule has 0 aliphatic heterocycles. The molecule has 0 fully saturated rings. The molecular formula is C66H120N10. The van der Waals surface area contributed by atoms with Gasteiger partial charge in [-0.25, -0.2) is 15.0 Å². The Bertz CT molecular complexity index is 1550. The van der Waals surface area contributed by atoms with Gasteiger partial charge >= 0.3 is 0 Å². The molecule has 0 saturated carbocycles. The Hall–Kier alpha value is -3.40. The van der Waals surface area contributed by atoms with Crippen LogP contribution in [0.3, 0.4) is 0 Å². The number of rotatable bonds is 57. The van der Waals surface area contributed by atoms with E-state index in [4.69, 9.17) is 15.0 Å². The summed E-state index contributed by atoms with van der Waals surface area (Å²) in [4.78, 5) is 31.1. The van der Waals surface area contributed by atoms with E-state index in [9.17, 15) is 0 Å². The van der Waals surface area contributed by atoms with Crippen LogP contribution >= 0.6 is 0 Å². The summed E-state index contributed by atoms with van der Waals surface area (Å²) in [6.45, 7) is 14.6. The number of aryl methyl sites for hydroxylation is 3. The minimum atomic E-state index is 0.715. The standard InChI is InChI=1S/C66H120N10/c1-4-7-10-13-16-19-22-25-28-31-34-37-40-43-52-74-58-49-70-64(74)61-67-46-55-73(56-47-68-62-65-71-50-59-75(65)53-44-41-38-35-32-29-26-23-20-17-14-11-8-5-2)57-48-69-63-66-72-51-60-76(66)54-45-42-39-36-33-30-27-24-21-18-15-12-9-6-3/h49-51,58-63H,4-48,52-57H2,1-3H3. The number of unbranched alkanes of at least 4 members (excludes halogenated alkanes) is 39. The molecule has 0 spiro atoms. The summed E-state index contributed by atoms with van der Waals surface area (Å²) in [6.07, 6.45) is 76.1. The van der Waals surface area contributed by atoms with E-state index >= 15 is 0 Å². The van der Waals surface area contributed by atoms with Gasteiger partial charge in [0, 0.05) is 76.4 Å². The highest BCUT2D eigenvalue weighted by atomic mass is 15.2. The third kappa shape index (κ3) is 37.4. The average molecular weight is 1050 g/mol. The smallest absolute Gasteiger partial charge is 0.150 e. The SMILES string of the molecule is CCCCCCCCCCCCCCCCn1ccnc1C=NCCN(CCN=Cc1nccn1CCCCCCCCCCCCCCCC)CCN=Cc1nccn1CCCCCCCCCCCCCCCC. The van der Waals surface area contributed by atoms with Gasteiger partial charge in [-0.15, -0.1) is 0 Å². The Morgan fingerprint density at radius 3 is 0.711 bits per heavy atom. The van der Waals surface area contributed by atoms with Crippen LogP contribution in [0.5, 0.6) is 0 Å². The van der Waals surface area contributed by atoms with Crippen LogP contribution in [0.25, 0.3) is 0 Å². The highest BCUT2D eigenvalue weighted by Gasteiger charge is 2.07. The van der Waals surface area contributed by atoms with Crippen molar-refractivity contribution in [3.8, 4) is 0 Å². The predicted octanol–water partition coefficient (Wildman–Crippen LogP) is 18.7. The molecule has 0 N–H and O–H groups in total. The van der Waals surface area contributed by atoms with E-state index in [0.29, 0.717) is 19.6 Å². The second-order valence-corrected chi connectivity index (χ2v) is 22.7. The van der Waals surface area contributed by atoms with Gasteiger partial charge in [0.05, 0.1) is 38.3 Å². The van der Waals surface area contributed by atoms with Crippen molar-refractivity contribution in [1.29, 1.82) is 0 Å². The molecule has 0 atom stereocenters. The number of hydrogen-bond donors (Lipinski definition) is 0. The average Bonchev–Trinajstić information content (AvgIpc) is 4.21. The van der Waals surface area contributed by atoms with Gasteiger partial charge in [0.1, 0.15) is 0 Å². The summed E-state index contributed by atoms with van der Waals surface area (Å²) < 4.78 is 6.83. The molecule has 10 heteroatoms. The molecule has 0 amide bonds. The van der Waals surface area contributed by atoms with Crippen LogP contribution in [0, 0.1) is 0 Å². The maximum Gasteiger partial charge on any atom is 0.150 e. The van der Waals surface area contributed by atoms with E-state index < -0.39 is 0 Å². The molecule has 3 heterocycles. The fraction of sp³-hybridized carbons (Fsp3) is 0.818. The maximum atomic E-state index is 4.89. The first-order valence-corrected chi connectivity index (χ1v) is 33.0. The summed E-state index contributed by atoms with van der Waals surface area (Å²) in [6, 6.07) is 0. The van der Waals surface area contributed by atoms with Crippen molar-refractivity contribution in [2.45, 2.75) is 310 Å². The Balaban J connectivity index is 1.38. The van der Waals surface area contributed by atoms with E-state index in [2.05, 4.69) is 72.9 Å². The Morgan fingerprint density at radius 2 is 0.500 bits per heavy atom. The van der Waals surface area contributed by atoms with Gasteiger partial charge in [-0.2, -0.15) is 0 Å². The van der Waals surface area contributed by atoms with Crippen LogP contribution in [-0.4, -0.2) is 91.5 Å². The maximum absolute atomic E-state index is 4.89. The second kappa shape index (κ2) is 51.1. The normalized spacial score (nSPS) is 12.2. The summed E-state index contributed by atoms with van der Waals surface area (Å²) >= 11 is 0. The second-order valence-electron chi connectivity index (χ2n) is 22.7. The van der Waals surface area contributed by atoms with E-state index in [1.807, 2.05) is 37.2 Å². The number of aromatic nitrogens is 6. The van der Waals surface area contributed by atoms with Crippen molar-refractivity contribution in [1.82, 2.24) is 33.6 Å².